The van der Waals surface area contributed by atoms with Gasteiger partial charge in [-0.05, 0) is 31.4 Å². The van der Waals surface area contributed by atoms with Crippen molar-refractivity contribution in [3.05, 3.63) is 28.0 Å². The zero-order valence-electron chi connectivity index (χ0n) is 10.4. The molecule has 2 aliphatic heterocycles. The Morgan fingerprint density at radius 1 is 1.47 bits per heavy atom. The number of likely N-dealkylation sites (tertiary alicyclic amines) is 1. The van der Waals surface area contributed by atoms with Gasteiger partial charge in [0.2, 0.25) is 0 Å². The summed E-state index contributed by atoms with van der Waals surface area (Å²) in [5.41, 5.74) is 0. The first kappa shape index (κ1) is 12.2. The van der Waals surface area contributed by atoms with E-state index in [1.807, 2.05) is 0 Å². The van der Waals surface area contributed by atoms with E-state index in [2.05, 4.69) is 5.32 Å². The maximum absolute atomic E-state index is 12.2. The molecule has 0 spiro atoms. The summed E-state index contributed by atoms with van der Waals surface area (Å²) in [4.78, 5) is 23.8. The molecule has 2 aliphatic rings. The Balaban J connectivity index is 1.71. The van der Waals surface area contributed by atoms with Crippen LogP contribution in [0.2, 0.25) is 0 Å². The lowest BCUT2D eigenvalue weighted by Gasteiger charge is -2.24. The van der Waals surface area contributed by atoms with E-state index in [-0.39, 0.29) is 11.7 Å². The second-order valence-electron chi connectivity index (χ2n) is 5.07. The lowest BCUT2D eigenvalue weighted by molar-refractivity contribution is -0.402. The molecule has 102 valence electrons. The molecule has 2 fully saturated rings. The first-order valence-electron chi connectivity index (χ1n) is 6.42. The Hall–Kier alpha value is -1.89. The number of nitrogens with one attached hydrogen (secondary N) is 1. The van der Waals surface area contributed by atoms with Gasteiger partial charge in [-0.15, -0.1) is 0 Å². The minimum atomic E-state index is -0.637. The highest BCUT2D eigenvalue weighted by Crippen LogP contribution is 2.27. The summed E-state index contributed by atoms with van der Waals surface area (Å²) in [7, 11) is 0. The molecule has 0 aromatic carbocycles. The monoisotopic (exact) mass is 265 g/mol. The first-order chi connectivity index (χ1) is 9.15. The largest absolute Gasteiger partial charge is 0.433 e. The Kier molecular flexibility index (Phi) is 2.98. The van der Waals surface area contributed by atoms with E-state index in [4.69, 9.17) is 4.42 Å². The lowest BCUT2D eigenvalue weighted by Crippen LogP contribution is -2.41. The molecule has 1 aromatic heterocycles. The number of hydrogen-bond donors (Lipinski definition) is 1. The first-order valence-corrected chi connectivity index (χ1v) is 6.42. The molecule has 7 heteroatoms. The van der Waals surface area contributed by atoms with Crippen molar-refractivity contribution < 1.29 is 14.1 Å². The molecule has 2 saturated heterocycles. The number of fused-ring (bicyclic) bond motifs is 1. The van der Waals surface area contributed by atoms with E-state index < -0.39 is 10.8 Å². The fourth-order valence-corrected chi connectivity index (χ4v) is 2.91. The third-order valence-corrected chi connectivity index (χ3v) is 3.87. The molecule has 3 rings (SSSR count). The Bertz CT molecular complexity index is 499. The molecule has 0 saturated carbocycles. The van der Waals surface area contributed by atoms with Gasteiger partial charge in [-0.25, -0.2) is 0 Å². The fraction of sp³-hybridized carbons (Fsp3) is 0.583. The lowest BCUT2D eigenvalue weighted by atomic mass is 9.94. The average molecular weight is 265 g/mol. The summed E-state index contributed by atoms with van der Waals surface area (Å²) in [6, 6.07) is 2.94. The highest BCUT2D eigenvalue weighted by Gasteiger charge is 2.37. The summed E-state index contributed by atoms with van der Waals surface area (Å²) >= 11 is 0. The van der Waals surface area contributed by atoms with Crippen molar-refractivity contribution in [3.63, 3.8) is 0 Å². The van der Waals surface area contributed by atoms with Crippen LogP contribution in [0.15, 0.2) is 16.5 Å². The van der Waals surface area contributed by atoms with Gasteiger partial charge >= 0.3 is 5.88 Å². The third-order valence-electron chi connectivity index (χ3n) is 3.87. The number of amides is 1. The summed E-state index contributed by atoms with van der Waals surface area (Å²) in [5, 5.41) is 13.9. The van der Waals surface area contributed by atoms with Crippen molar-refractivity contribution in [3.8, 4) is 0 Å². The van der Waals surface area contributed by atoms with Crippen molar-refractivity contribution in [2.75, 3.05) is 19.6 Å². The van der Waals surface area contributed by atoms with Crippen LogP contribution in [0.5, 0.6) is 0 Å². The van der Waals surface area contributed by atoms with Gasteiger partial charge in [0, 0.05) is 19.1 Å². The molecule has 2 unspecified atom stereocenters. The second-order valence-corrected chi connectivity index (χ2v) is 5.07. The van der Waals surface area contributed by atoms with E-state index >= 15 is 0 Å². The normalized spacial score (nSPS) is 26.2. The maximum Gasteiger partial charge on any atom is 0.433 e. The van der Waals surface area contributed by atoms with Crippen molar-refractivity contribution in [1.82, 2.24) is 10.2 Å². The SMILES string of the molecule is O=C(c1ccc([N+](=O)[O-])o1)N1CC2CCCNC2C1. The van der Waals surface area contributed by atoms with Gasteiger partial charge in [0.1, 0.15) is 4.92 Å². The number of nitro groups is 1. The molecule has 3 heterocycles. The molecule has 7 nitrogen and oxygen atoms in total. The number of carbonyl (C=O) groups excluding carboxylic acids is 1. The smallest absolute Gasteiger partial charge is 0.395 e. The molecular weight excluding hydrogens is 250 g/mol. The summed E-state index contributed by atoms with van der Waals surface area (Å²) in [5.74, 6) is -0.115. The average Bonchev–Trinajstić information content (AvgIpc) is 3.04. The summed E-state index contributed by atoms with van der Waals surface area (Å²) in [6.07, 6.45) is 2.26. The predicted octanol–water partition coefficient (Wildman–Crippen LogP) is 1.01. The maximum atomic E-state index is 12.2. The Morgan fingerprint density at radius 3 is 3.00 bits per heavy atom. The molecule has 2 atom stereocenters. The van der Waals surface area contributed by atoms with Crippen LogP contribution in [0.3, 0.4) is 0 Å². The highest BCUT2D eigenvalue weighted by molar-refractivity contribution is 5.92. The van der Waals surface area contributed by atoms with Crippen LogP contribution in [0, 0.1) is 16.0 Å². The van der Waals surface area contributed by atoms with E-state index in [0.717, 1.165) is 19.4 Å². The molecule has 19 heavy (non-hydrogen) atoms. The van der Waals surface area contributed by atoms with E-state index in [1.54, 1.807) is 4.90 Å². The number of hydrogen-bond acceptors (Lipinski definition) is 5. The van der Waals surface area contributed by atoms with Crippen molar-refractivity contribution >= 4 is 11.8 Å². The molecule has 1 amide bonds. The van der Waals surface area contributed by atoms with Gasteiger partial charge in [-0.2, -0.15) is 0 Å². The van der Waals surface area contributed by atoms with Gasteiger partial charge in [0.05, 0.1) is 6.07 Å². The van der Waals surface area contributed by atoms with E-state index in [9.17, 15) is 14.9 Å². The van der Waals surface area contributed by atoms with Gasteiger partial charge in [0.15, 0.2) is 5.76 Å². The standard InChI is InChI=1S/C12H15N3O4/c16-12(10-3-4-11(19-10)15(17)18)14-6-8-2-1-5-13-9(8)7-14/h3-4,8-9,13H,1-2,5-7H2. The quantitative estimate of drug-likeness (QED) is 0.637. The zero-order valence-corrected chi connectivity index (χ0v) is 10.4. The highest BCUT2D eigenvalue weighted by atomic mass is 16.6. The van der Waals surface area contributed by atoms with E-state index in [0.29, 0.717) is 25.0 Å². The Morgan fingerprint density at radius 2 is 2.32 bits per heavy atom. The number of piperidine rings is 1. The molecule has 1 aromatic rings. The number of carbonyl (C=O) groups is 1. The molecule has 0 radical (unpaired) electrons. The molecular formula is C12H15N3O4. The van der Waals surface area contributed by atoms with Crippen LogP contribution in [0.4, 0.5) is 5.88 Å². The van der Waals surface area contributed by atoms with Crippen LogP contribution < -0.4 is 5.32 Å². The second kappa shape index (κ2) is 4.65. The summed E-state index contributed by atoms with van der Waals surface area (Å²) in [6.45, 7) is 2.35. The minimum absolute atomic E-state index is 0.0466. The number of rotatable bonds is 2. The Labute approximate surface area is 109 Å². The van der Waals surface area contributed by atoms with Crippen LogP contribution in [-0.2, 0) is 0 Å². The fourth-order valence-electron chi connectivity index (χ4n) is 2.91. The van der Waals surface area contributed by atoms with E-state index in [1.165, 1.54) is 12.1 Å². The van der Waals surface area contributed by atoms with Crippen molar-refractivity contribution in [1.29, 1.82) is 0 Å². The molecule has 1 N–H and O–H groups in total. The summed E-state index contributed by atoms with van der Waals surface area (Å²) < 4.78 is 4.96. The molecule has 0 aliphatic carbocycles. The topological polar surface area (TPSA) is 88.6 Å². The predicted molar refractivity (Wildman–Crippen MR) is 65.8 cm³/mol. The van der Waals surface area contributed by atoms with Gasteiger partial charge in [-0.3, -0.25) is 14.9 Å². The van der Waals surface area contributed by atoms with Crippen LogP contribution in [0.25, 0.3) is 0 Å². The van der Waals surface area contributed by atoms with Gasteiger partial charge in [-0.1, -0.05) is 0 Å². The van der Waals surface area contributed by atoms with Crippen LogP contribution >= 0.6 is 0 Å². The van der Waals surface area contributed by atoms with Crippen LogP contribution in [0.1, 0.15) is 23.4 Å². The zero-order chi connectivity index (χ0) is 13.4. The van der Waals surface area contributed by atoms with Crippen molar-refractivity contribution in [2.45, 2.75) is 18.9 Å². The third kappa shape index (κ3) is 2.21. The number of nitrogens with zero attached hydrogens (tertiary/aromatic N) is 2. The van der Waals surface area contributed by atoms with Crippen LogP contribution in [-0.4, -0.2) is 41.4 Å². The number of furan rings is 1. The molecule has 0 bridgehead atoms. The van der Waals surface area contributed by atoms with Gasteiger partial charge < -0.3 is 14.6 Å². The van der Waals surface area contributed by atoms with Gasteiger partial charge in [0.25, 0.3) is 5.91 Å². The van der Waals surface area contributed by atoms with Crippen molar-refractivity contribution in [2.24, 2.45) is 5.92 Å². The minimum Gasteiger partial charge on any atom is -0.395 e.